The van der Waals surface area contributed by atoms with Crippen LogP contribution in [0.25, 0.3) is 17.1 Å². The number of benzene rings is 2. The fourth-order valence-corrected chi connectivity index (χ4v) is 2.31. The Labute approximate surface area is 140 Å². The van der Waals surface area contributed by atoms with Gasteiger partial charge in [-0.15, -0.1) is 5.10 Å². The topological polar surface area (TPSA) is 75.2 Å². The molecule has 0 aliphatic heterocycles. The van der Waals surface area contributed by atoms with Crippen LogP contribution in [0.5, 0.6) is 11.8 Å². The van der Waals surface area contributed by atoms with Crippen molar-refractivity contribution >= 4 is 5.69 Å². The van der Waals surface area contributed by atoms with Gasteiger partial charge >= 0.3 is 6.01 Å². The maximum atomic E-state index is 5.90. The lowest BCUT2D eigenvalue weighted by Crippen LogP contribution is -2.01. The van der Waals surface area contributed by atoms with Gasteiger partial charge in [-0.1, -0.05) is 13.0 Å². The van der Waals surface area contributed by atoms with Gasteiger partial charge in [-0.3, -0.25) is 0 Å². The number of hydrogen-bond acceptors (Lipinski definition) is 5. The maximum Gasteiger partial charge on any atom is 0.336 e. The molecular formula is C18H20N4O2. The van der Waals surface area contributed by atoms with Gasteiger partial charge in [0.05, 0.1) is 19.4 Å². The zero-order chi connectivity index (χ0) is 16.9. The zero-order valence-corrected chi connectivity index (χ0v) is 13.8. The minimum Gasteiger partial charge on any atom is -0.497 e. The van der Waals surface area contributed by atoms with E-state index >= 15 is 0 Å². The van der Waals surface area contributed by atoms with Crippen LogP contribution in [0.15, 0.2) is 48.5 Å². The van der Waals surface area contributed by atoms with E-state index < -0.39 is 0 Å². The van der Waals surface area contributed by atoms with E-state index in [9.17, 15) is 0 Å². The standard InChI is InChI=1S/C18H20N4O2/c1-3-11-24-18-20-17(13-7-9-16(23-2)10-8-13)22(21-18)15-6-4-5-14(19)12-15/h4-10,12H,3,11,19H2,1-2H3. The van der Waals surface area contributed by atoms with E-state index in [1.807, 2.05) is 55.5 Å². The number of aromatic nitrogens is 3. The highest BCUT2D eigenvalue weighted by atomic mass is 16.5. The average molecular weight is 324 g/mol. The lowest BCUT2D eigenvalue weighted by molar-refractivity contribution is 0.292. The summed E-state index contributed by atoms with van der Waals surface area (Å²) in [5.41, 5.74) is 8.31. The van der Waals surface area contributed by atoms with Crippen LogP contribution < -0.4 is 15.2 Å². The van der Waals surface area contributed by atoms with Gasteiger partial charge in [-0.2, -0.15) is 4.98 Å². The number of hydrogen-bond donors (Lipinski definition) is 1. The van der Waals surface area contributed by atoms with Crippen molar-refractivity contribution in [3.05, 3.63) is 48.5 Å². The highest BCUT2D eigenvalue weighted by Crippen LogP contribution is 2.26. The predicted octanol–water partition coefficient (Wildman–Crippen LogP) is 3.31. The van der Waals surface area contributed by atoms with E-state index in [2.05, 4.69) is 10.1 Å². The van der Waals surface area contributed by atoms with Gasteiger partial charge in [0.25, 0.3) is 0 Å². The van der Waals surface area contributed by atoms with Crippen LogP contribution in [0.2, 0.25) is 0 Å². The molecule has 0 fully saturated rings. The van der Waals surface area contributed by atoms with Crippen molar-refractivity contribution in [2.24, 2.45) is 0 Å². The summed E-state index contributed by atoms with van der Waals surface area (Å²) in [6, 6.07) is 15.5. The second-order valence-corrected chi connectivity index (χ2v) is 5.30. The van der Waals surface area contributed by atoms with Crippen LogP contribution >= 0.6 is 0 Å². The zero-order valence-electron chi connectivity index (χ0n) is 13.8. The molecule has 24 heavy (non-hydrogen) atoms. The summed E-state index contributed by atoms with van der Waals surface area (Å²) in [4.78, 5) is 4.53. The molecule has 124 valence electrons. The molecule has 2 N–H and O–H groups in total. The quantitative estimate of drug-likeness (QED) is 0.704. The van der Waals surface area contributed by atoms with Crippen molar-refractivity contribution in [3.8, 4) is 28.8 Å². The Bertz CT molecular complexity index is 812. The van der Waals surface area contributed by atoms with Crippen molar-refractivity contribution in [1.82, 2.24) is 14.8 Å². The first-order chi connectivity index (χ1) is 11.7. The highest BCUT2D eigenvalue weighted by Gasteiger charge is 2.15. The van der Waals surface area contributed by atoms with E-state index in [0.717, 1.165) is 23.4 Å². The largest absolute Gasteiger partial charge is 0.497 e. The Balaban J connectivity index is 2.06. The molecule has 0 radical (unpaired) electrons. The van der Waals surface area contributed by atoms with Gasteiger partial charge in [0, 0.05) is 11.3 Å². The third kappa shape index (κ3) is 3.32. The normalized spacial score (nSPS) is 10.6. The first-order valence-electron chi connectivity index (χ1n) is 7.81. The monoisotopic (exact) mass is 324 g/mol. The first-order valence-corrected chi connectivity index (χ1v) is 7.81. The molecular weight excluding hydrogens is 304 g/mol. The molecule has 6 nitrogen and oxygen atoms in total. The Hall–Kier alpha value is -3.02. The molecule has 0 amide bonds. The summed E-state index contributed by atoms with van der Waals surface area (Å²) in [5, 5.41) is 4.47. The van der Waals surface area contributed by atoms with Crippen LogP contribution in [0.1, 0.15) is 13.3 Å². The van der Waals surface area contributed by atoms with E-state index in [4.69, 9.17) is 15.2 Å². The molecule has 0 aliphatic rings. The Morgan fingerprint density at radius 3 is 2.58 bits per heavy atom. The van der Waals surface area contributed by atoms with Crippen molar-refractivity contribution < 1.29 is 9.47 Å². The summed E-state index contributed by atoms with van der Waals surface area (Å²) < 4.78 is 12.5. The second-order valence-electron chi connectivity index (χ2n) is 5.30. The molecule has 0 saturated carbocycles. The molecule has 0 aliphatic carbocycles. The number of rotatable bonds is 6. The van der Waals surface area contributed by atoms with E-state index in [-0.39, 0.29) is 0 Å². The summed E-state index contributed by atoms with van der Waals surface area (Å²) in [7, 11) is 1.64. The Kier molecular flexibility index (Phi) is 4.65. The third-order valence-corrected chi connectivity index (χ3v) is 3.49. The second kappa shape index (κ2) is 7.04. The maximum absolute atomic E-state index is 5.90. The number of nitrogens with zero attached hydrogens (tertiary/aromatic N) is 3. The molecule has 3 rings (SSSR count). The smallest absolute Gasteiger partial charge is 0.336 e. The lowest BCUT2D eigenvalue weighted by Gasteiger charge is -2.07. The van der Waals surface area contributed by atoms with Gasteiger partial charge in [-0.05, 0) is 48.9 Å². The number of nitrogens with two attached hydrogens (primary N) is 1. The lowest BCUT2D eigenvalue weighted by atomic mass is 10.2. The molecule has 1 aromatic heterocycles. The van der Waals surface area contributed by atoms with Crippen LogP contribution in [-0.2, 0) is 0 Å². The highest BCUT2D eigenvalue weighted by molar-refractivity contribution is 5.60. The van der Waals surface area contributed by atoms with Gasteiger partial charge in [0.1, 0.15) is 5.75 Å². The fraction of sp³-hybridized carbons (Fsp3) is 0.222. The summed E-state index contributed by atoms with van der Waals surface area (Å²) in [5.74, 6) is 1.48. The molecule has 0 atom stereocenters. The van der Waals surface area contributed by atoms with Crippen molar-refractivity contribution in [3.63, 3.8) is 0 Å². The number of nitrogen functional groups attached to an aromatic ring is 1. The number of anilines is 1. The van der Waals surface area contributed by atoms with Gasteiger partial charge in [0.15, 0.2) is 5.82 Å². The van der Waals surface area contributed by atoms with E-state index in [1.165, 1.54) is 0 Å². The molecule has 0 saturated heterocycles. The molecule has 6 heteroatoms. The van der Waals surface area contributed by atoms with Crippen molar-refractivity contribution in [1.29, 1.82) is 0 Å². The molecule has 2 aromatic carbocycles. The van der Waals surface area contributed by atoms with Crippen LogP contribution in [0, 0.1) is 0 Å². The van der Waals surface area contributed by atoms with Crippen LogP contribution in [-0.4, -0.2) is 28.5 Å². The molecule has 1 heterocycles. The molecule has 0 unspecified atom stereocenters. The number of methoxy groups -OCH3 is 1. The van der Waals surface area contributed by atoms with Gasteiger partial charge in [-0.25, -0.2) is 4.68 Å². The third-order valence-electron chi connectivity index (χ3n) is 3.49. The van der Waals surface area contributed by atoms with E-state index in [1.54, 1.807) is 11.8 Å². The van der Waals surface area contributed by atoms with Crippen LogP contribution in [0.3, 0.4) is 0 Å². The van der Waals surface area contributed by atoms with Gasteiger partial charge < -0.3 is 15.2 Å². The summed E-state index contributed by atoms with van der Waals surface area (Å²) in [6.07, 6.45) is 0.894. The fourth-order valence-electron chi connectivity index (χ4n) is 2.31. The molecule has 0 bridgehead atoms. The first kappa shape index (κ1) is 15.9. The number of ether oxygens (including phenoxy) is 2. The Morgan fingerprint density at radius 1 is 1.12 bits per heavy atom. The predicted molar refractivity (Wildman–Crippen MR) is 93.5 cm³/mol. The van der Waals surface area contributed by atoms with Gasteiger partial charge in [0.2, 0.25) is 0 Å². The van der Waals surface area contributed by atoms with Crippen molar-refractivity contribution in [2.45, 2.75) is 13.3 Å². The van der Waals surface area contributed by atoms with Crippen LogP contribution in [0.4, 0.5) is 5.69 Å². The SMILES string of the molecule is CCCOc1nc(-c2ccc(OC)cc2)n(-c2cccc(N)c2)n1. The minimum atomic E-state index is 0.352. The Morgan fingerprint density at radius 2 is 1.92 bits per heavy atom. The summed E-state index contributed by atoms with van der Waals surface area (Å²) >= 11 is 0. The minimum absolute atomic E-state index is 0.352. The molecule has 0 spiro atoms. The average Bonchev–Trinajstić information content (AvgIpc) is 3.04. The molecule has 3 aromatic rings. The van der Waals surface area contributed by atoms with E-state index in [0.29, 0.717) is 24.1 Å². The summed E-state index contributed by atoms with van der Waals surface area (Å²) in [6.45, 7) is 2.61. The van der Waals surface area contributed by atoms with Crippen molar-refractivity contribution in [2.75, 3.05) is 19.5 Å².